The highest BCUT2D eigenvalue weighted by atomic mass is 19.1. The number of nitrogens with one attached hydrogen (secondary N) is 2. The molecule has 0 spiro atoms. The lowest BCUT2D eigenvalue weighted by atomic mass is 10.00. The first kappa shape index (κ1) is 23.3. The number of carbonyl (C=O) groups is 2. The second-order valence-corrected chi connectivity index (χ2v) is 8.53. The first-order valence-corrected chi connectivity index (χ1v) is 11.4. The SMILES string of the molecule is O=C(Nc1cccc(F)c1)Nc1cc(F)cc(C(=O)c2ccc3ncc(N4CCCC4)cc3c2)c1F. The number of fused-ring (bicyclic) bond motifs is 1. The molecule has 2 heterocycles. The summed E-state index contributed by atoms with van der Waals surface area (Å²) in [7, 11) is 0. The standard InChI is InChI=1S/C27H21F3N4O2/c28-18-4-3-5-20(12-18)32-27(36)33-24-14-19(29)13-22(25(24)30)26(35)16-6-7-23-17(10-16)11-21(15-31-23)34-8-1-2-9-34/h3-7,10-15H,1-2,8-9H2,(H2,32,33,36). The predicted octanol–water partition coefficient (Wildman–Crippen LogP) is 6.13. The van der Waals surface area contributed by atoms with Crippen molar-refractivity contribution in [3.63, 3.8) is 0 Å². The van der Waals surface area contributed by atoms with Crippen molar-refractivity contribution in [2.75, 3.05) is 28.6 Å². The van der Waals surface area contributed by atoms with Gasteiger partial charge in [0.25, 0.3) is 0 Å². The van der Waals surface area contributed by atoms with Gasteiger partial charge in [-0.15, -0.1) is 0 Å². The first-order chi connectivity index (χ1) is 17.4. The molecule has 0 unspecified atom stereocenters. The molecule has 0 bridgehead atoms. The lowest BCUT2D eigenvalue weighted by Gasteiger charge is -2.17. The third kappa shape index (κ3) is 4.86. The summed E-state index contributed by atoms with van der Waals surface area (Å²) in [6.07, 6.45) is 3.99. The molecule has 5 rings (SSSR count). The van der Waals surface area contributed by atoms with Crippen molar-refractivity contribution >= 4 is 39.8 Å². The molecule has 1 aromatic heterocycles. The molecule has 182 valence electrons. The van der Waals surface area contributed by atoms with Crippen LogP contribution in [0.2, 0.25) is 0 Å². The minimum atomic E-state index is -1.08. The zero-order chi connectivity index (χ0) is 25.2. The number of hydrogen-bond acceptors (Lipinski definition) is 4. The van der Waals surface area contributed by atoms with Crippen LogP contribution >= 0.6 is 0 Å². The molecule has 0 radical (unpaired) electrons. The number of carbonyl (C=O) groups excluding carboxylic acids is 2. The Kier molecular flexibility index (Phi) is 6.28. The van der Waals surface area contributed by atoms with E-state index in [0.29, 0.717) is 10.9 Å². The molecular weight excluding hydrogens is 469 g/mol. The number of anilines is 3. The molecule has 1 fully saturated rings. The van der Waals surface area contributed by atoms with Crippen LogP contribution in [0.5, 0.6) is 0 Å². The highest BCUT2D eigenvalue weighted by molar-refractivity contribution is 6.11. The fourth-order valence-electron chi connectivity index (χ4n) is 4.26. The van der Waals surface area contributed by atoms with Crippen LogP contribution in [-0.4, -0.2) is 29.9 Å². The molecule has 9 heteroatoms. The van der Waals surface area contributed by atoms with Gasteiger partial charge in [0, 0.05) is 35.8 Å². The third-order valence-electron chi connectivity index (χ3n) is 6.01. The van der Waals surface area contributed by atoms with Crippen molar-refractivity contribution in [1.82, 2.24) is 4.98 Å². The summed E-state index contributed by atoms with van der Waals surface area (Å²) in [6.45, 7) is 1.87. The number of urea groups is 1. The van der Waals surface area contributed by atoms with Gasteiger partial charge in [-0.1, -0.05) is 6.07 Å². The van der Waals surface area contributed by atoms with E-state index in [4.69, 9.17) is 0 Å². The van der Waals surface area contributed by atoms with Crippen molar-refractivity contribution in [1.29, 1.82) is 0 Å². The van der Waals surface area contributed by atoms with Gasteiger partial charge in [0.05, 0.1) is 28.7 Å². The molecule has 0 aliphatic carbocycles. The normalized spacial score (nSPS) is 13.1. The number of hydrogen-bond donors (Lipinski definition) is 2. The Morgan fingerprint density at radius 3 is 2.44 bits per heavy atom. The van der Waals surface area contributed by atoms with Gasteiger partial charge < -0.3 is 15.5 Å². The molecule has 1 saturated heterocycles. The molecule has 6 nitrogen and oxygen atoms in total. The molecule has 36 heavy (non-hydrogen) atoms. The summed E-state index contributed by atoms with van der Waals surface area (Å²) in [5, 5.41) is 5.21. The molecule has 1 aliphatic rings. The molecule has 2 N–H and O–H groups in total. The van der Waals surface area contributed by atoms with Gasteiger partial charge in [0.2, 0.25) is 0 Å². The summed E-state index contributed by atoms with van der Waals surface area (Å²) < 4.78 is 42.9. The molecule has 0 saturated carbocycles. The van der Waals surface area contributed by atoms with Gasteiger partial charge >= 0.3 is 6.03 Å². The van der Waals surface area contributed by atoms with E-state index in [1.807, 2.05) is 6.07 Å². The summed E-state index contributed by atoms with van der Waals surface area (Å²) in [4.78, 5) is 32.1. The highest BCUT2D eigenvalue weighted by Crippen LogP contribution is 2.27. The van der Waals surface area contributed by atoms with Crippen molar-refractivity contribution in [3.05, 3.63) is 95.4 Å². The summed E-state index contributed by atoms with van der Waals surface area (Å²) in [5.74, 6) is -3.30. The van der Waals surface area contributed by atoms with Gasteiger partial charge in [0.15, 0.2) is 11.6 Å². The van der Waals surface area contributed by atoms with Crippen molar-refractivity contribution in [3.8, 4) is 0 Å². The van der Waals surface area contributed by atoms with Gasteiger partial charge in [-0.2, -0.15) is 0 Å². The van der Waals surface area contributed by atoms with Crippen molar-refractivity contribution in [2.45, 2.75) is 12.8 Å². The monoisotopic (exact) mass is 490 g/mol. The van der Waals surface area contributed by atoms with Gasteiger partial charge in [-0.05, 0) is 61.4 Å². The largest absolute Gasteiger partial charge is 0.370 e. The van der Waals surface area contributed by atoms with Gasteiger partial charge in [-0.25, -0.2) is 18.0 Å². The van der Waals surface area contributed by atoms with E-state index in [0.717, 1.165) is 49.8 Å². The Balaban J connectivity index is 1.41. The maximum atomic E-state index is 15.2. The zero-order valence-electron chi connectivity index (χ0n) is 19.0. The average molecular weight is 490 g/mol. The Bertz CT molecular complexity index is 1490. The number of halogens is 3. The topological polar surface area (TPSA) is 74.3 Å². The second-order valence-electron chi connectivity index (χ2n) is 8.53. The van der Waals surface area contributed by atoms with E-state index in [1.54, 1.807) is 18.3 Å². The third-order valence-corrected chi connectivity index (χ3v) is 6.01. The van der Waals surface area contributed by atoms with Crippen LogP contribution in [0.4, 0.5) is 35.0 Å². The predicted molar refractivity (Wildman–Crippen MR) is 132 cm³/mol. The second kappa shape index (κ2) is 9.69. The van der Waals surface area contributed by atoms with E-state index in [9.17, 15) is 18.4 Å². The number of aromatic nitrogens is 1. The van der Waals surface area contributed by atoms with E-state index in [-0.39, 0.29) is 11.3 Å². The molecule has 3 aromatic carbocycles. The summed E-state index contributed by atoms with van der Waals surface area (Å²) >= 11 is 0. The van der Waals surface area contributed by atoms with E-state index in [2.05, 4.69) is 20.5 Å². The minimum absolute atomic E-state index is 0.124. The number of ketones is 1. The van der Waals surface area contributed by atoms with E-state index in [1.165, 1.54) is 24.3 Å². The maximum Gasteiger partial charge on any atom is 0.323 e. The van der Waals surface area contributed by atoms with Crippen LogP contribution in [0, 0.1) is 17.5 Å². The van der Waals surface area contributed by atoms with Crippen LogP contribution in [0.1, 0.15) is 28.8 Å². The quantitative estimate of drug-likeness (QED) is 0.330. The van der Waals surface area contributed by atoms with E-state index < -0.39 is 40.5 Å². The fourth-order valence-corrected chi connectivity index (χ4v) is 4.26. The van der Waals surface area contributed by atoms with Crippen LogP contribution in [0.25, 0.3) is 10.9 Å². The molecular formula is C27H21F3N4O2. The zero-order valence-corrected chi connectivity index (χ0v) is 19.0. The van der Waals surface area contributed by atoms with Gasteiger partial charge in [0.1, 0.15) is 11.6 Å². The Morgan fingerprint density at radius 2 is 1.67 bits per heavy atom. The lowest BCUT2D eigenvalue weighted by molar-refractivity contribution is 0.103. The Labute approximate surface area is 204 Å². The van der Waals surface area contributed by atoms with E-state index >= 15 is 4.39 Å². The number of amides is 2. The molecule has 0 atom stereocenters. The Morgan fingerprint density at radius 1 is 0.861 bits per heavy atom. The van der Waals surface area contributed by atoms with Crippen LogP contribution in [0.3, 0.4) is 0 Å². The number of rotatable bonds is 5. The average Bonchev–Trinajstić information content (AvgIpc) is 3.40. The van der Waals surface area contributed by atoms with Crippen molar-refractivity contribution in [2.24, 2.45) is 0 Å². The lowest BCUT2D eigenvalue weighted by Crippen LogP contribution is -2.21. The summed E-state index contributed by atoms with van der Waals surface area (Å²) in [5.41, 5.74) is 0.842. The number of nitrogens with zero attached hydrogens (tertiary/aromatic N) is 2. The molecule has 2 amide bonds. The molecule has 4 aromatic rings. The summed E-state index contributed by atoms with van der Waals surface area (Å²) in [6, 6.07) is 12.4. The number of pyridine rings is 1. The van der Waals surface area contributed by atoms with Crippen molar-refractivity contribution < 1.29 is 22.8 Å². The minimum Gasteiger partial charge on any atom is -0.370 e. The van der Waals surface area contributed by atoms with Crippen LogP contribution < -0.4 is 15.5 Å². The smallest absolute Gasteiger partial charge is 0.323 e. The van der Waals surface area contributed by atoms with Crippen LogP contribution in [-0.2, 0) is 0 Å². The van der Waals surface area contributed by atoms with Gasteiger partial charge in [-0.3, -0.25) is 9.78 Å². The highest BCUT2D eigenvalue weighted by Gasteiger charge is 2.21. The fraction of sp³-hybridized carbons (Fsp3) is 0.148. The first-order valence-electron chi connectivity index (χ1n) is 11.4. The number of benzene rings is 3. The van der Waals surface area contributed by atoms with Crippen LogP contribution in [0.15, 0.2) is 66.9 Å². The Hall–Kier alpha value is -4.40. The molecule has 1 aliphatic heterocycles. The maximum absolute atomic E-state index is 15.2.